The van der Waals surface area contributed by atoms with Crippen molar-refractivity contribution in [2.75, 3.05) is 0 Å². The lowest BCUT2D eigenvalue weighted by Crippen LogP contribution is -1.96. The van der Waals surface area contributed by atoms with Gasteiger partial charge < -0.3 is 9.52 Å². The maximum Gasteiger partial charge on any atom is 0.337 e. The first kappa shape index (κ1) is 11.9. The van der Waals surface area contributed by atoms with Crippen LogP contribution in [-0.4, -0.2) is 16.1 Å². The van der Waals surface area contributed by atoms with E-state index in [1.54, 1.807) is 6.07 Å². The molecule has 0 saturated carbocycles. The molecule has 0 radical (unpaired) electrons. The summed E-state index contributed by atoms with van der Waals surface area (Å²) in [5.74, 6) is -0.377. The number of aromatic nitrogens is 1. The van der Waals surface area contributed by atoms with E-state index < -0.39 is 5.97 Å². The molecule has 2 aromatic heterocycles. The summed E-state index contributed by atoms with van der Waals surface area (Å²) in [6.45, 7) is 0. The summed E-state index contributed by atoms with van der Waals surface area (Å²) in [5.41, 5.74) is 1.53. The molecule has 19 heavy (non-hydrogen) atoms. The second-order valence-electron chi connectivity index (χ2n) is 4.03. The molecular formula is C14H8BrNO3. The molecule has 5 heteroatoms. The molecule has 2 heterocycles. The van der Waals surface area contributed by atoms with Gasteiger partial charge in [-0.25, -0.2) is 4.79 Å². The van der Waals surface area contributed by atoms with Gasteiger partial charge in [-0.2, -0.15) is 0 Å². The Labute approximate surface area is 116 Å². The number of benzene rings is 1. The smallest absolute Gasteiger partial charge is 0.337 e. The van der Waals surface area contributed by atoms with Crippen LogP contribution in [0, 0.1) is 0 Å². The zero-order valence-corrected chi connectivity index (χ0v) is 11.2. The Morgan fingerprint density at radius 3 is 2.74 bits per heavy atom. The Bertz CT molecular complexity index is 762. The minimum atomic E-state index is -0.993. The molecule has 0 unspecified atom stereocenters. The van der Waals surface area contributed by atoms with Gasteiger partial charge in [-0.15, -0.1) is 0 Å². The zero-order valence-electron chi connectivity index (χ0n) is 9.63. The number of furan rings is 1. The van der Waals surface area contributed by atoms with E-state index in [2.05, 4.69) is 20.9 Å². The lowest BCUT2D eigenvalue weighted by Gasteiger charge is -1.96. The highest BCUT2D eigenvalue weighted by atomic mass is 79.9. The highest BCUT2D eigenvalue weighted by Crippen LogP contribution is 2.28. The van der Waals surface area contributed by atoms with Crippen LogP contribution >= 0.6 is 15.9 Å². The number of carboxylic acids is 1. The minimum absolute atomic E-state index is 0.155. The van der Waals surface area contributed by atoms with Gasteiger partial charge in [-0.1, -0.05) is 15.9 Å². The van der Waals surface area contributed by atoms with E-state index in [1.807, 2.05) is 24.3 Å². The zero-order chi connectivity index (χ0) is 13.4. The minimum Gasteiger partial charge on any atom is -0.478 e. The predicted molar refractivity (Wildman–Crippen MR) is 74.1 cm³/mol. The maximum atomic E-state index is 10.8. The molecule has 3 rings (SSSR count). The van der Waals surface area contributed by atoms with Crippen LogP contribution in [0.25, 0.3) is 22.4 Å². The Hall–Kier alpha value is -2.14. The summed E-state index contributed by atoms with van der Waals surface area (Å²) in [7, 11) is 0. The fourth-order valence-corrected chi connectivity index (χ4v) is 2.19. The van der Waals surface area contributed by atoms with Gasteiger partial charge in [0, 0.05) is 16.1 Å². The van der Waals surface area contributed by atoms with Crippen molar-refractivity contribution in [3.05, 3.63) is 52.6 Å². The SMILES string of the molecule is O=C(O)c1ccc(-c2cc3cc(Br)ccc3o2)nc1. The number of halogens is 1. The molecule has 0 fully saturated rings. The van der Waals surface area contributed by atoms with E-state index in [-0.39, 0.29) is 5.56 Å². The van der Waals surface area contributed by atoms with Crippen molar-refractivity contribution >= 4 is 32.9 Å². The van der Waals surface area contributed by atoms with Crippen LogP contribution in [0.5, 0.6) is 0 Å². The van der Waals surface area contributed by atoms with Crippen LogP contribution in [0.3, 0.4) is 0 Å². The molecule has 4 nitrogen and oxygen atoms in total. The largest absolute Gasteiger partial charge is 0.478 e. The lowest BCUT2D eigenvalue weighted by atomic mass is 10.2. The second kappa shape index (κ2) is 4.51. The molecule has 3 aromatic rings. The topological polar surface area (TPSA) is 63.3 Å². The van der Waals surface area contributed by atoms with Crippen molar-refractivity contribution in [1.29, 1.82) is 0 Å². The molecule has 0 atom stereocenters. The van der Waals surface area contributed by atoms with Gasteiger partial charge in [-0.05, 0) is 36.4 Å². The van der Waals surface area contributed by atoms with Gasteiger partial charge in [0.2, 0.25) is 0 Å². The Morgan fingerprint density at radius 1 is 1.21 bits per heavy atom. The average molecular weight is 318 g/mol. The van der Waals surface area contributed by atoms with Crippen molar-refractivity contribution in [2.24, 2.45) is 0 Å². The van der Waals surface area contributed by atoms with Crippen LogP contribution in [0.4, 0.5) is 0 Å². The van der Waals surface area contributed by atoms with Crippen molar-refractivity contribution < 1.29 is 14.3 Å². The molecule has 0 aliphatic rings. The molecule has 94 valence electrons. The van der Waals surface area contributed by atoms with Crippen molar-refractivity contribution in [2.45, 2.75) is 0 Å². The molecule has 1 aromatic carbocycles. The van der Waals surface area contributed by atoms with E-state index in [0.717, 1.165) is 15.4 Å². The standard InChI is InChI=1S/C14H8BrNO3/c15-10-2-4-12-9(5-10)6-13(19-12)11-3-1-8(7-16-11)14(17)18/h1-7H,(H,17,18). The normalized spacial score (nSPS) is 10.8. The van der Waals surface area contributed by atoms with Crippen LogP contribution < -0.4 is 0 Å². The van der Waals surface area contributed by atoms with Crippen LogP contribution in [-0.2, 0) is 0 Å². The Kier molecular flexibility index (Phi) is 2.83. The molecule has 0 spiro atoms. The summed E-state index contributed by atoms with van der Waals surface area (Å²) in [6.07, 6.45) is 1.32. The number of hydrogen-bond donors (Lipinski definition) is 1. The van der Waals surface area contributed by atoms with Crippen LogP contribution in [0.1, 0.15) is 10.4 Å². The first-order chi connectivity index (χ1) is 9.13. The predicted octanol–water partition coefficient (Wildman–Crippen LogP) is 3.96. The van der Waals surface area contributed by atoms with Crippen LogP contribution in [0.15, 0.2) is 51.5 Å². The first-order valence-electron chi connectivity index (χ1n) is 5.52. The third kappa shape index (κ3) is 2.24. The molecule has 0 amide bonds. The van der Waals surface area contributed by atoms with Crippen molar-refractivity contribution in [3.8, 4) is 11.5 Å². The first-order valence-corrected chi connectivity index (χ1v) is 6.31. The number of carbonyl (C=O) groups is 1. The van der Waals surface area contributed by atoms with Crippen molar-refractivity contribution in [3.63, 3.8) is 0 Å². The van der Waals surface area contributed by atoms with E-state index in [4.69, 9.17) is 9.52 Å². The Balaban J connectivity index is 2.06. The monoisotopic (exact) mass is 317 g/mol. The number of pyridine rings is 1. The summed E-state index contributed by atoms with van der Waals surface area (Å²) in [4.78, 5) is 14.9. The van der Waals surface area contributed by atoms with Gasteiger partial charge in [0.25, 0.3) is 0 Å². The number of aromatic carboxylic acids is 1. The molecule has 0 saturated heterocycles. The number of carboxylic acid groups (broad SMARTS) is 1. The quantitative estimate of drug-likeness (QED) is 0.777. The highest BCUT2D eigenvalue weighted by Gasteiger charge is 2.09. The molecule has 0 aliphatic heterocycles. The summed E-state index contributed by atoms with van der Waals surface area (Å²) >= 11 is 3.40. The Morgan fingerprint density at radius 2 is 2.05 bits per heavy atom. The highest BCUT2D eigenvalue weighted by molar-refractivity contribution is 9.10. The lowest BCUT2D eigenvalue weighted by molar-refractivity contribution is 0.0696. The summed E-state index contributed by atoms with van der Waals surface area (Å²) in [5, 5.41) is 9.79. The molecule has 0 aliphatic carbocycles. The van der Waals surface area contributed by atoms with Crippen LogP contribution in [0.2, 0.25) is 0 Å². The van der Waals surface area contributed by atoms with E-state index in [9.17, 15) is 4.79 Å². The molecular weight excluding hydrogens is 310 g/mol. The maximum absolute atomic E-state index is 10.8. The van der Waals surface area contributed by atoms with E-state index >= 15 is 0 Å². The van der Waals surface area contributed by atoms with Gasteiger partial charge in [0.05, 0.1) is 5.56 Å². The van der Waals surface area contributed by atoms with Gasteiger partial charge in [0.15, 0.2) is 5.76 Å². The van der Waals surface area contributed by atoms with Gasteiger partial charge in [-0.3, -0.25) is 4.98 Å². The third-order valence-electron chi connectivity index (χ3n) is 2.74. The van der Waals surface area contributed by atoms with Gasteiger partial charge >= 0.3 is 5.97 Å². The van der Waals surface area contributed by atoms with E-state index in [0.29, 0.717) is 11.5 Å². The molecule has 0 bridgehead atoms. The second-order valence-corrected chi connectivity index (χ2v) is 4.95. The third-order valence-corrected chi connectivity index (χ3v) is 3.23. The fraction of sp³-hybridized carbons (Fsp3) is 0. The fourth-order valence-electron chi connectivity index (χ4n) is 1.81. The number of hydrogen-bond acceptors (Lipinski definition) is 3. The number of nitrogens with zero attached hydrogens (tertiary/aromatic N) is 1. The molecule has 1 N–H and O–H groups in total. The average Bonchev–Trinajstić information content (AvgIpc) is 2.81. The number of rotatable bonds is 2. The number of fused-ring (bicyclic) bond motifs is 1. The van der Waals surface area contributed by atoms with Crippen molar-refractivity contribution in [1.82, 2.24) is 4.98 Å². The summed E-state index contributed by atoms with van der Waals surface area (Å²) < 4.78 is 6.65. The van der Waals surface area contributed by atoms with Gasteiger partial charge in [0.1, 0.15) is 11.3 Å². The van der Waals surface area contributed by atoms with E-state index in [1.165, 1.54) is 12.3 Å². The summed E-state index contributed by atoms with van der Waals surface area (Å²) in [6, 6.07) is 10.7.